The SMILES string of the molecule is C/C=C\c1scnc1COCCCO. The fourth-order valence-electron chi connectivity index (χ4n) is 1.01. The topological polar surface area (TPSA) is 42.4 Å². The summed E-state index contributed by atoms with van der Waals surface area (Å²) >= 11 is 1.61. The zero-order valence-electron chi connectivity index (χ0n) is 8.27. The Bertz CT molecular complexity index is 283. The van der Waals surface area contributed by atoms with Gasteiger partial charge in [-0.15, -0.1) is 11.3 Å². The molecule has 0 radical (unpaired) electrons. The van der Waals surface area contributed by atoms with Crippen LogP contribution in [-0.4, -0.2) is 23.3 Å². The van der Waals surface area contributed by atoms with Crippen molar-refractivity contribution in [1.29, 1.82) is 0 Å². The molecule has 0 aliphatic rings. The van der Waals surface area contributed by atoms with Gasteiger partial charge < -0.3 is 9.84 Å². The lowest BCUT2D eigenvalue weighted by Crippen LogP contribution is -1.98. The van der Waals surface area contributed by atoms with Crippen LogP contribution in [-0.2, 0) is 11.3 Å². The minimum absolute atomic E-state index is 0.179. The fraction of sp³-hybridized carbons (Fsp3) is 0.500. The third-order valence-corrected chi connectivity index (χ3v) is 2.51. The Morgan fingerprint density at radius 3 is 3.21 bits per heavy atom. The number of allylic oxidation sites excluding steroid dienone is 1. The molecule has 3 nitrogen and oxygen atoms in total. The summed E-state index contributed by atoms with van der Waals surface area (Å²) in [5.41, 5.74) is 2.80. The van der Waals surface area contributed by atoms with Crippen LogP contribution in [0.1, 0.15) is 23.9 Å². The Hall–Kier alpha value is -0.710. The van der Waals surface area contributed by atoms with E-state index in [1.807, 2.05) is 24.6 Å². The number of aromatic nitrogens is 1. The van der Waals surface area contributed by atoms with Gasteiger partial charge in [-0.3, -0.25) is 0 Å². The Morgan fingerprint density at radius 2 is 2.50 bits per heavy atom. The van der Waals surface area contributed by atoms with Gasteiger partial charge in [0.05, 0.1) is 22.7 Å². The molecular formula is C10H15NO2S. The van der Waals surface area contributed by atoms with Gasteiger partial charge in [0.2, 0.25) is 0 Å². The number of aliphatic hydroxyl groups excluding tert-OH is 1. The molecule has 0 aliphatic heterocycles. The molecule has 0 fully saturated rings. The highest BCUT2D eigenvalue weighted by molar-refractivity contribution is 7.10. The zero-order chi connectivity index (χ0) is 10.2. The quantitative estimate of drug-likeness (QED) is 0.736. The molecule has 0 aromatic carbocycles. The van der Waals surface area contributed by atoms with E-state index in [9.17, 15) is 0 Å². The molecule has 0 unspecified atom stereocenters. The lowest BCUT2D eigenvalue weighted by molar-refractivity contribution is 0.102. The molecule has 0 bridgehead atoms. The van der Waals surface area contributed by atoms with Crippen LogP contribution in [0.3, 0.4) is 0 Å². The number of nitrogens with zero attached hydrogens (tertiary/aromatic N) is 1. The molecule has 0 saturated heterocycles. The van der Waals surface area contributed by atoms with Gasteiger partial charge in [-0.2, -0.15) is 0 Å². The highest BCUT2D eigenvalue weighted by Crippen LogP contribution is 2.16. The van der Waals surface area contributed by atoms with E-state index in [0.29, 0.717) is 19.6 Å². The first-order chi connectivity index (χ1) is 6.88. The fourth-order valence-corrected chi connectivity index (χ4v) is 1.76. The van der Waals surface area contributed by atoms with E-state index in [0.717, 1.165) is 10.6 Å². The first kappa shape index (κ1) is 11.4. The van der Waals surface area contributed by atoms with Crippen LogP contribution >= 0.6 is 11.3 Å². The maximum Gasteiger partial charge on any atom is 0.0902 e. The molecule has 14 heavy (non-hydrogen) atoms. The molecule has 0 spiro atoms. The molecular weight excluding hydrogens is 198 g/mol. The predicted molar refractivity (Wildman–Crippen MR) is 58.2 cm³/mol. The molecule has 4 heteroatoms. The maximum atomic E-state index is 8.56. The summed E-state index contributed by atoms with van der Waals surface area (Å²) < 4.78 is 5.36. The van der Waals surface area contributed by atoms with Crippen molar-refractivity contribution in [3.8, 4) is 0 Å². The van der Waals surface area contributed by atoms with Gasteiger partial charge in [-0.1, -0.05) is 6.08 Å². The Kier molecular flexibility index (Phi) is 5.44. The summed E-state index contributed by atoms with van der Waals surface area (Å²) in [7, 11) is 0. The van der Waals surface area contributed by atoms with Gasteiger partial charge in [0.15, 0.2) is 0 Å². The van der Waals surface area contributed by atoms with E-state index in [-0.39, 0.29) is 6.61 Å². The van der Waals surface area contributed by atoms with Gasteiger partial charge in [-0.05, 0) is 19.4 Å². The van der Waals surface area contributed by atoms with E-state index >= 15 is 0 Å². The normalized spacial score (nSPS) is 11.3. The molecule has 1 aromatic rings. The van der Waals surface area contributed by atoms with Crippen molar-refractivity contribution in [3.05, 3.63) is 22.2 Å². The van der Waals surface area contributed by atoms with Crippen molar-refractivity contribution in [3.63, 3.8) is 0 Å². The van der Waals surface area contributed by atoms with Gasteiger partial charge in [0, 0.05) is 13.2 Å². The number of aliphatic hydroxyl groups is 1. The molecule has 1 aromatic heterocycles. The molecule has 0 amide bonds. The number of ether oxygens (including phenoxy) is 1. The third kappa shape index (κ3) is 3.57. The van der Waals surface area contributed by atoms with E-state index in [2.05, 4.69) is 4.98 Å². The van der Waals surface area contributed by atoms with Crippen LogP contribution in [0, 0.1) is 0 Å². The summed E-state index contributed by atoms with van der Waals surface area (Å²) in [6.07, 6.45) is 4.70. The highest BCUT2D eigenvalue weighted by atomic mass is 32.1. The van der Waals surface area contributed by atoms with Crippen LogP contribution in [0.2, 0.25) is 0 Å². The number of thiazole rings is 1. The predicted octanol–water partition coefficient (Wildman–Crippen LogP) is 2.08. The van der Waals surface area contributed by atoms with Gasteiger partial charge >= 0.3 is 0 Å². The molecule has 1 heterocycles. The summed E-state index contributed by atoms with van der Waals surface area (Å²) in [4.78, 5) is 5.36. The molecule has 0 atom stereocenters. The Labute approximate surface area is 88.1 Å². The average molecular weight is 213 g/mol. The van der Waals surface area contributed by atoms with Crippen molar-refractivity contribution >= 4 is 17.4 Å². The second-order valence-electron chi connectivity index (χ2n) is 2.79. The van der Waals surface area contributed by atoms with Crippen LogP contribution in [0.15, 0.2) is 11.6 Å². The first-order valence-electron chi connectivity index (χ1n) is 4.62. The van der Waals surface area contributed by atoms with Crippen LogP contribution in [0.4, 0.5) is 0 Å². The van der Waals surface area contributed by atoms with Crippen molar-refractivity contribution in [2.24, 2.45) is 0 Å². The standard InChI is InChI=1S/C10H15NO2S/c1-2-4-10-9(11-8-14-10)7-13-6-3-5-12/h2,4,8,12H,3,5-7H2,1H3/b4-2-. The summed E-state index contributed by atoms with van der Waals surface area (Å²) in [5.74, 6) is 0. The lowest BCUT2D eigenvalue weighted by atomic mass is 10.3. The smallest absolute Gasteiger partial charge is 0.0902 e. The first-order valence-corrected chi connectivity index (χ1v) is 5.50. The molecule has 1 N–H and O–H groups in total. The average Bonchev–Trinajstić information content (AvgIpc) is 2.61. The molecule has 78 valence electrons. The van der Waals surface area contributed by atoms with Gasteiger partial charge in [-0.25, -0.2) is 4.98 Å². The Balaban J connectivity index is 2.38. The van der Waals surface area contributed by atoms with E-state index in [1.165, 1.54) is 0 Å². The van der Waals surface area contributed by atoms with E-state index in [1.54, 1.807) is 11.3 Å². The van der Waals surface area contributed by atoms with Crippen LogP contribution in [0.5, 0.6) is 0 Å². The van der Waals surface area contributed by atoms with E-state index < -0.39 is 0 Å². The summed E-state index contributed by atoms with van der Waals surface area (Å²) in [6.45, 7) is 3.28. The largest absolute Gasteiger partial charge is 0.396 e. The van der Waals surface area contributed by atoms with Gasteiger partial charge in [0.1, 0.15) is 0 Å². The third-order valence-electron chi connectivity index (χ3n) is 1.68. The van der Waals surface area contributed by atoms with Crippen molar-refractivity contribution in [2.45, 2.75) is 20.0 Å². The van der Waals surface area contributed by atoms with Crippen molar-refractivity contribution in [1.82, 2.24) is 4.98 Å². The van der Waals surface area contributed by atoms with Crippen molar-refractivity contribution in [2.75, 3.05) is 13.2 Å². The molecule has 0 aliphatic carbocycles. The molecule has 0 saturated carbocycles. The van der Waals surface area contributed by atoms with Crippen molar-refractivity contribution < 1.29 is 9.84 Å². The number of hydrogen-bond donors (Lipinski definition) is 1. The monoisotopic (exact) mass is 213 g/mol. The van der Waals surface area contributed by atoms with Gasteiger partial charge in [0.25, 0.3) is 0 Å². The van der Waals surface area contributed by atoms with E-state index in [4.69, 9.17) is 9.84 Å². The maximum absolute atomic E-state index is 8.56. The Morgan fingerprint density at radius 1 is 1.64 bits per heavy atom. The molecule has 1 rings (SSSR count). The highest BCUT2D eigenvalue weighted by Gasteiger charge is 2.02. The number of rotatable bonds is 6. The van der Waals surface area contributed by atoms with Crippen LogP contribution in [0.25, 0.3) is 6.08 Å². The second kappa shape index (κ2) is 6.70. The van der Waals surface area contributed by atoms with Crippen LogP contribution < -0.4 is 0 Å². The summed E-state index contributed by atoms with van der Waals surface area (Å²) in [5, 5.41) is 8.56. The lowest BCUT2D eigenvalue weighted by Gasteiger charge is -2.00. The zero-order valence-corrected chi connectivity index (χ0v) is 9.09. The minimum Gasteiger partial charge on any atom is -0.396 e. The second-order valence-corrected chi connectivity index (χ2v) is 3.68. The summed E-state index contributed by atoms with van der Waals surface area (Å²) in [6, 6.07) is 0. The number of hydrogen-bond acceptors (Lipinski definition) is 4. The minimum atomic E-state index is 0.179.